The zero-order valence-corrected chi connectivity index (χ0v) is 12.6. The van der Waals surface area contributed by atoms with E-state index in [0.29, 0.717) is 17.9 Å². The number of nitrogens with one attached hydrogen (secondary N) is 1. The van der Waals surface area contributed by atoms with Gasteiger partial charge in [-0.2, -0.15) is 0 Å². The molecule has 1 atom stereocenters. The average molecular weight is 294 g/mol. The van der Waals surface area contributed by atoms with E-state index in [4.69, 9.17) is 10.5 Å². The number of benzene rings is 1. The number of carbonyl (C=O) groups excluding carboxylic acids is 2. The Bertz CT molecular complexity index is 502. The summed E-state index contributed by atoms with van der Waals surface area (Å²) in [6, 6.07) is 4.63. The molecule has 0 fully saturated rings. The molecule has 21 heavy (non-hydrogen) atoms. The minimum absolute atomic E-state index is 0.150. The van der Waals surface area contributed by atoms with E-state index in [1.807, 2.05) is 13.8 Å². The fourth-order valence-corrected chi connectivity index (χ4v) is 1.73. The van der Waals surface area contributed by atoms with Crippen molar-refractivity contribution in [2.45, 2.75) is 32.7 Å². The number of hydrogen-bond donors (Lipinski definition) is 2. The monoisotopic (exact) mass is 294 g/mol. The first-order valence-corrected chi connectivity index (χ1v) is 6.84. The first-order chi connectivity index (χ1) is 9.97. The molecule has 0 aliphatic heterocycles. The van der Waals surface area contributed by atoms with Crippen molar-refractivity contribution < 1.29 is 19.1 Å². The summed E-state index contributed by atoms with van der Waals surface area (Å²) in [6.07, 6.45) is 1.50. The summed E-state index contributed by atoms with van der Waals surface area (Å²) in [5.74, 6) is -0.118. The van der Waals surface area contributed by atoms with Crippen molar-refractivity contribution in [1.29, 1.82) is 0 Å². The van der Waals surface area contributed by atoms with E-state index in [0.717, 1.165) is 12.0 Å². The Labute approximate surface area is 124 Å². The SMILES string of the molecule is CCCC(N)C(=O)Nc1ccc(OCC(=O)OC)cc1C. The van der Waals surface area contributed by atoms with Gasteiger partial charge in [0, 0.05) is 5.69 Å². The summed E-state index contributed by atoms with van der Waals surface area (Å²) >= 11 is 0. The summed E-state index contributed by atoms with van der Waals surface area (Å²) in [6.45, 7) is 3.67. The zero-order valence-electron chi connectivity index (χ0n) is 12.6. The number of rotatable bonds is 7. The summed E-state index contributed by atoms with van der Waals surface area (Å²) in [5.41, 5.74) is 7.27. The molecule has 3 N–H and O–H groups in total. The fourth-order valence-electron chi connectivity index (χ4n) is 1.73. The molecule has 1 amide bonds. The third-order valence-corrected chi connectivity index (χ3v) is 2.98. The Hall–Kier alpha value is -2.08. The average Bonchev–Trinajstić information content (AvgIpc) is 2.47. The molecule has 6 heteroatoms. The van der Waals surface area contributed by atoms with E-state index in [1.54, 1.807) is 18.2 Å². The van der Waals surface area contributed by atoms with Crippen molar-refractivity contribution in [3.05, 3.63) is 23.8 Å². The highest BCUT2D eigenvalue weighted by atomic mass is 16.6. The minimum Gasteiger partial charge on any atom is -0.482 e. The molecule has 0 spiro atoms. The van der Waals surface area contributed by atoms with Gasteiger partial charge < -0.3 is 20.5 Å². The maximum atomic E-state index is 11.9. The maximum Gasteiger partial charge on any atom is 0.343 e. The number of anilines is 1. The number of esters is 1. The molecule has 0 aliphatic rings. The lowest BCUT2D eigenvalue weighted by molar-refractivity contribution is -0.142. The lowest BCUT2D eigenvalue weighted by Gasteiger charge is -2.14. The Kier molecular flexibility index (Phi) is 6.68. The topological polar surface area (TPSA) is 90.7 Å². The van der Waals surface area contributed by atoms with Crippen molar-refractivity contribution in [2.24, 2.45) is 5.73 Å². The number of amides is 1. The first kappa shape index (κ1) is 17.0. The third-order valence-electron chi connectivity index (χ3n) is 2.98. The number of hydrogen-bond acceptors (Lipinski definition) is 5. The predicted molar refractivity (Wildman–Crippen MR) is 80.2 cm³/mol. The van der Waals surface area contributed by atoms with Gasteiger partial charge in [-0.1, -0.05) is 13.3 Å². The number of carbonyl (C=O) groups is 2. The third kappa shape index (κ3) is 5.43. The number of nitrogens with two attached hydrogens (primary N) is 1. The van der Waals surface area contributed by atoms with Crippen LogP contribution in [0.15, 0.2) is 18.2 Å². The van der Waals surface area contributed by atoms with Crippen LogP contribution in [0, 0.1) is 6.92 Å². The molecule has 1 unspecified atom stereocenters. The van der Waals surface area contributed by atoms with Gasteiger partial charge in [-0.25, -0.2) is 4.79 Å². The lowest BCUT2D eigenvalue weighted by atomic mass is 10.1. The van der Waals surface area contributed by atoms with Crippen LogP contribution in [0.2, 0.25) is 0 Å². The van der Waals surface area contributed by atoms with Crippen LogP contribution in [0.5, 0.6) is 5.75 Å². The molecular formula is C15H22N2O4. The molecule has 116 valence electrons. The van der Waals surface area contributed by atoms with Gasteiger partial charge in [-0.05, 0) is 37.1 Å². The van der Waals surface area contributed by atoms with Crippen molar-refractivity contribution in [3.8, 4) is 5.75 Å². The molecule has 0 bridgehead atoms. The Morgan fingerprint density at radius 3 is 2.67 bits per heavy atom. The molecule has 0 saturated carbocycles. The second-order valence-electron chi connectivity index (χ2n) is 4.73. The number of aryl methyl sites for hydroxylation is 1. The molecule has 0 aliphatic carbocycles. The maximum absolute atomic E-state index is 11.9. The highest BCUT2D eigenvalue weighted by molar-refractivity contribution is 5.95. The van der Waals surface area contributed by atoms with Crippen LogP contribution in [0.25, 0.3) is 0 Å². The Morgan fingerprint density at radius 1 is 1.38 bits per heavy atom. The van der Waals surface area contributed by atoms with E-state index < -0.39 is 12.0 Å². The van der Waals surface area contributed by atoms with Crippen LogP contribution >= 0.6 is 0 Å². The van der Waals surface area contributed by atoms with Crippen LogP contribution in [-0.4, -0.2) is 31.6 Å². The number of ether oxygens (including phenoxy) is 2. The second-order valence-corrected chi connectivity index (χ2v) is 4.73. The number of methoxy groups -OCH3 is 1. The van der Waals surface area contributed by atoms with E-state index >= 15 is 0 Å². The molecular weight excluding hydrogens is 272 g/mol. The molecule has 0 saturated heterocycles. The summed E-state index contributed by atoms with van der Waals surface area (Å²) in [4.78, 5) is 22.9. The fraction of sp³-hybridized carbons (Fsp3) is 0.467. The highest BCUT2D eigenvalue weighted by Gasteiger charge is 2.13. The van der Waals surface area contributed by atoms with Gasteiger partial charge in [0.25, 0.3) is 0 Å². The minimum atomic E-state index is -0.510. The summed E-state index contributed by atoms with van der Waals surface area (Å²) < 4.78 is 9.77. The van der Waals surface area contributed by atoms with E-state index in [-0.39, 0.29) is 12.5 Å². The molecule has 1 aromatic rings. The molecule has 6 nitrogen and oxygen atoms in total. The van der Waals surface area contributed by atoms with Gasteiger partial charge in [0.05, 0.1) is 13.2 Å². The van der Waals surface area contributed by atoms with Crippen LogP contribution < -0.4 is 15.8 Å². The van der Waals surface area contributed by atoms with Gasteiger partial charge in [0.1, 0.15) is 5.75 Å². The quantitative estimate of drug-likeness (QED) is 0.746. The standard InChI is InChI=1S/C15H22N2O4/c1-4-5-12(16)15(19)17-13-7-6-11(8-10(13)2)21-9-14(18)20-3/h6-8,12H,4-5,9,16H2,1-3H3,(H,17,19). The Balaban J connectivity index is 2.65. The summed E-state index contributed by atoms with van der Waals surface area (Å²) in [7, 11) is 1.30. The highest BCUT2D eigenvalue weighted by Crippen LogP contribution is 2.21. The van der Waals surface area contributed by atoms with Crippen LogP contribution in [-0.2, 0) is 14.3 Å². The van der Waals surface area contributed by atoms with Crippen molar-refractivity contribution in [3.63, 3.8) is 0 Å². The normalized spacial score (nSPS) is 11.6. The summed E-state index contributed by atoms with van der Waals surface area (Å²) in [5, 5.41) is 2.79. The van der Waals surface area contributed by atoms with E-state index in [2.05, 4.69) is 10.1 Å². The first-order valence-electron chi connectivity index (χ1n) is 6.84. The molecule has 0 heterocycles. The van der Waals surface area contributed by atoms with Crippen LogP contribution in [0.3, 0.4) is 0 Å². The van der Waals surface area contributed by atoms with Crippen molar-refractivity contribution in [2.75, 3.05) is 19.0 Å². The van der Waals surface area contributed by atoms with Crippen molar-refractivity contribution in [1.82, 2.24) is 0 Å². The van der Waals surface area contributed by atoms with Gasteiger partial charge in [0.2, 0.25) is 5.91 Å². The zero-order chi connectivity index (χ0) is 15.8. The van der Waals surface area contributed by atoms with Crippen LogP contribution in [0.4, 0.5) is 5.69 Å². The van der Waals surface area contributed by atoms with Crippen LogP contribution in [0.1, 0.15) is 25.3 Å². The van der Waals surface area contributed by atoms with E-state index in [9.17, 15) is 9.59 Å². The molecule has 1 rings (SSSR count). The largest absolute Gasteiger partial charge is 0.482 e. The molecule has 1 aromatic carbocycles. The lowest BCUT2D eigenvalue weighted by Crippen LogP contribution is -2.35. The van der Waals surface area contributed by atoms with Crippen molar-refractivity contribution >= 4 is 17.6 Å². The van der Waals surface area contributed by atoms with Gasteiger partial charge in [-0.15, -0.1) is 0 Å². The Morgan fingerprint density at radius 2 is 2.10 bits per heavy atom. The smallest absolute Gasteiger partial charge is 0.343 e. The van der Waals surface area contributed by atoms with Gasteiger partial charge in [0.15, 0.2) is 6.61 Å². The van der Waals surface area contributed by atoms with Gasteiger partial charge in [-0.3, -0.25) is 4.79 Å². The van der Waals surface area contributed by atoms with Gasteiger partial charge >= 0.3 is 5.97 Å². The molecule has 0 radical (unpaired) electrons. The molecule has 0 aromatic heterocycles. The van der Waals surface area contributed by atoms with E-state index in [1.165, 1.54) is 7.11 Å². The second kappa shape index (κ2) is 8.26. The predicted octanol–water partition coefficient (Wildman–Crippen LogP) is 1.61.